The van der Waals surface area contributed by atoms with E-state index in [-0.39, 0.29) is 11.7 Å². The number of hydrogen-bond donors (Lipinski definition) is 2. The Labute approximate surface area is 221 Å². The molecule has 2 aliphatic heterocycles. The number of Topliss-reactive ketones (excluding diaryl/α,β-unsaturated/α-hetero) is 1. The van der Waals surface area contributed by atoms with Crippen molar-refractivity contribution in [1.82, 2.24) is 10.2 Å². The average Bonchev–Trinajstić information content (AvgIpc) is 3.36. The first-order valence-electron chi connectivity index (χ1n) is 13.0. The van der Waals surface area contributed by atoms with Gasteiger partial charge in [-0.1, -0.05) is 54.6 Å². The minimum atomic E-state index is -0.855. The molecule has 0 aromatic heterocycles. The van der Waals surface area contributed by atoms with Crippen LogP contribution in [0.2, 0.25) is 0 Å². The van der Waals surface area contributed by atoms with Gasteiger partial charge in [0.05, 0.1) is 0 Å². The van der Waals surface area contributed by atoms with E-state index < -0.39 is 12.2 Å². The SMILES string of the molecule is O=C(Nc1ccc(C(=O)C2C=C3C=CCN3C3=C(CCC(F)C3)N2)cc1)c1ccccc1-c1ccccc1. The van der Waals surface area contributed by atoms with Crippen molar-refractivity contribution in [3.05, 3.63) is 125 Å². The third kappa shape index (κ3) is 4.65. The number of amides is 1. The molecule has 3 aromatic carbocycles. The van der Waals surface area contributed by atoms with Crippen molar-refractivity contribution >= 4 is 17.4 Å². The standard InChI is InChI=1S/C32H28FN3O2/c33-23-14-17-28-30(19-23)36-18-6-9-25(36)20-29(35-28)31(37)22-12-15-24(16-13-22)34-32(38)27-11-5-4-10-26(27)21-7-2-1-3-8-21/h1-13,15-16,20,23,29,35H,14,17-19H2,(H,34,38). The lowest BCUT2D eigenvalue weighted by Gasteiger charge is -2.30. The molecule has 2 atom stereocenters. The number of allylic oxidation sites excluding steroid dienone is 3. The lowest BCUT2D eigenvalue weighted by atomic mass is 9.97. The first kappa shape index (κ1) is 23.9. The Morgan fingerprint density at radius 2 is 1.71 bits per heavy atom. The van der Waals surface area contributed by atoms with Gasteiger partial charge >= 0.3 is 0 Å². The van der Waals surface area contributed by atoms with Gasteiger partial charge in [-0.2, -0.15) is 0 Å². The van der Waals surface area contributed by atoms with Gasteiger partial charge in [0.25, 0.3) is 5.91 Å². The molecule has 0 bridgehead atoms. The number of rotatable bonds is 5. The van der Waals surface area contributed by atoms with E-state index in [0.29, 0.717) is 42.6 Å². The Bertz CT molecular complexity index is 1470. The van der Waals surface area contributed by atoms with Gasteiger partial charge in [-0.15, -0.1) is 0 Å². The normalized spacial score (nSPS) is 20.1. The molecule has 3 aromatic rings. The second kappa shape index (κ2) is 10.1. The number of benzene rings is 3. The third-order valence-corrected chi connectivity index (χ3v) is 7.32. The Morgan fingerprint density at radius 1 is 0.947 bits per heavy atom. The molecule has 190 valence electrons. The summed E-state index contributed by atoms with van der Waals surface area (Å²) in [5.41, 5.74) is 6.38. The van der Waals surface area contributed by atoms with Crippen molar-refractivity contribution in [2.45, 2.75) is 31.5 Å². The van der Waals surface area contributed by atoms with Crippen molar-refractivity contribution in [2.24, 2.45) is 0 Å². The number of fused-ring (bicyclic) bond motifs is 2. The molecule has 0 fully saturated rings. The lowest BCUT2D eigenvalue weighted by Crippen LogP contribution is -2.36. The van der Waals surface area contributed by atoms with Gasteiger partial charge < -0.3 is 15.5 Å². The monoisotopic (exact) mass is 505 g/mol. The second-order valence-corrected chi connectivity index (χ2v) is 9.80. The summed E-state index contributed by atoms with van der Waals surface area (Å²) in [6.45, 7) is 0.696. The van der Waals surface area contributed by atoms with Crippen molar-refractivity contribution in [1.29, 1.82) is 0 Å². The van der Waals surface area contributed by atoms with Gasteiger partial charge in [0, 0.05) is 46.9 Å². The minimum Gasteiger partial charge on any atom is -0.374 e. The Balaban J connectivity index is 1.20. The first-order chi connectivity index (χ1) is 18.6. The summed E-state index contributed by atoms with van der Waals surface area (Å²) in [4.78, 5) is 28.7. The highest BCUT2D eigenvalue weighted by molar-refractivity contribution is 6.09. The number of hydrogen-bond acceptors (Lipinski definition) is 4. The van der Waals surface area contributed by atoms with E-state index in [2.05, 4.69) is 15.5 Å². The molecule has 5 nitrogen and oxygen atoms in total. The fourth-order valence-electron chi connectivity index (χ4n) is 5.38. The Kier molecular flexibility index (Phi) is 6.38. The lowest BCUT2D eigenvalue weighted by molar-refractivity contribution is 0.0965. The van der Waals surface area contributed by atoms with Crippen LogP contribution in [0.1, 0.15) is 40.0 Å². The summed E-state index contributed by atoms with van der Waals surface area (Å²) in [6, 6.07) is 23.7. The van der Waals surface area contributed by atoms with Crippen molar-refractivity contribution in [2.75, 3.05) is 11.9 Å². The first-order valence-corrected chi connectivity index (χ1v) is 13.0. The topological polar surface area (TPSA) is 61.4 Å². The zero-order chi connectivity index (χ0) is 26.1. The maximum Gasteiger partial charge on any atom is 0.256 e. The molecule has 2 N–H and O–H groups in total. The molecule has 0 saturated carbocycles. The molecular weight excluding hydrogens is 477 g/mol. The maximum atomic E-state index is 14.2. The van der Waals surface area contributed by atoms with E-state index in [1.165, 1.54) is 0 Å². The molecule has 38 heavy (non-hydrogen) atoms. The number of nitrogens with zero attached hydrogens (tertiary/aromatic N) is 1. The largest absolute Gasteiger partial charge is 0.374 e. The van der Waals surface area contributed by atoms with E-state index in [0.717, 1.165) is 28.2 Å². The van der Waals surface area contributed by atoms with E-state index >= 15 is 0 Å². The molecule has 6 heteroatoms. The summed E-state index contributed by atoms with van der Waals surface area (Å²) in [5.74, 6) is -0.282. The Morgan fingerprint density at radius 3 is 2.53 bits per heavy atom. The molecular formula is C32H28FN3O2. The van der Waals surface area contributed by atoms with E-state index in [9.17, 15) is 14.0 Å². The summed E-state index contributed by atoms with van der Waals surface area (Å²) < 4.78 is 14.2. The zero-order valence-electron chi connectivity index (χ0n) is 20.9. The molecule has 1 amide bonds. The number of ketones is 1. The summed E-state index contributed by atoms with van der Waals surface area (Å²) in [5, 5.41) is 6.36. The summed E-state index contributed by atoms with van der Waals surface area (Å²) in [6.07, 6.45) is 6.52. The molecule has 1 aliphatic carbocycles. The number of alkyl halides is 1. The second-order valence-electron chi connectivity index (χ2n) is 9.80. The van der Waals surface area contributed by atoms with Crippen LogP contribution in [0.15, 0.2) is 114 Å². The molecule has 6 rings (SSSR count). The van der Waals surface area contributed by atoms with E-state index in [1.807, 2.05) is 66.8 Å². The molecule has 3 aliphatic rings. The fourth-order valence-corrected chi connectivity index (χ4v) is 5.38. The van der Waals surface area contributed by atoms with Gasteiger partial charge in [0.2, 0.25) is 0 Å². The van der Waals surface area contributed by atoms with Crippen LogP contribution in [0.3, 0.4) is 0 Å². The predicted octanol–water partition coefficient (Wildman–Crippen LogP) is 6.25. The fraction of sp³-hybridized carbons (Fsp3) is 0.188. The Hall–Kier alpha value is -4.45. The molecule has 2 unspecified atom stereocenters. The van der Waals surface area contributed by atoms with E-state index in [4.69, 9.17) is 0 Å². The maximum absolute atomic E-state index is 14.2. The summed E-state index contributed by atoms with van der Waals surface area (Å²) >= 11 is 0. The van der Waals surface area contributed by atoms with Crippen molar-refractivity contribution in [3.8, 4) is 11.1 Å². The predicted molar refractivity (Wildman–Crippen MR) is 147 cm³/mol. The number of halogens is 1. The van der Waals surface area contributed by atoms with Gasteiger partial charge in [-0.05, 0) is 66.5 Å². The van der Waals surface area contributed by atoms with E-state index in [1.54, 1.807) is 30.3 Å². The molecule has 0 radical (unpaired) electrons. The number of anilines is 1. The zero-order valence-corrected chi connectivity index (χ0v) is 20.9. The number of nitrogens with one attached hydrogen (secondary N) is 2. The van der Waals surface area contributed by atoms with Crippen LogP contribution in [0.5, 0.6) is 0 Å². The smallest absolute Gasteiger partial charge is 0.256 e. The van der Waals surface area contributed by atoms with Crippen LogP contribution < -0.4 is 10.6 Å². The molecule has 0 saturated heterocycles. The average molecular weight is 506 g/mol. The summed E-state index contributed by atoms with van der Waals surface area (Å²) in [7, 11) is 0. The number of carbonyl (C=O) groups is 2. The third-order valence-electron chi connectivity index (χ3n) is 7.32. The van der Waals surface area contributed by atoms with Crippen molar-refractivity contribution < 1.29 is 14.0 Å². The van der Waals surface area contributed by atoms with Crippen LogP contribution in [0.4, 0.5) is 10.1 Å². The number of carbonyl (C=O) groups excluding carboxylic acids is 2. The minimum absolute atomic E-state index is 0.0684. The van der Waals surface area contributed by atoms with Gasteiger partial charge in [-0.25, -0.2) is 4.39 Å². The highest BCUT2D eigenvalue weighted by Gasteiger charge is 2.32. The van der Waals surface area contributed by atoms with Gasteiger partial charge in [-0.3, -0.25) is 9.59 Å². The van der Waals surface area contributed by atoms with Crippen LogP contribution in [0.25, 0.3) is 11.1 Å². The van der Waals surface area contributed by atoms with Crippen LogP contribution in [-0.4, -0.2) is 35.3 Å². The quantitative estimate of drug-likeness (QED) is 0.403. The van der Waals surface area contributed by atoms with Crippen molar-refractivity contribution in [3.63, 3.8) is 0 Å². The van der Waals surface area contributed by atoms with Gasteiger partial charge in [0.1, 0.15) is 12.2 Å². The molecule has 2 heterocycles. The van der Waals surface area contributed by atoms with Crippen LogP contribution in [0, 0.1) is 0 Å². The highest BCUT2D eigenvalue weighted by atomic mass is 19.1. The molecule has 0 spiro atoms. The van der Waals surface area contributed by atoms with Crippen LogP contribution in [-0.2, 0) is 0 Å². The van der Waals surface area contributed by atoms with Crippen LogP contribution >= 0.6 is 0 Å². The van der Waals surface area contributed by atoms with Gasteiger partial charge in [0.15, 0.2) is 5.78 Å². The highest BCUT2D eigenvalue weighted by Crippen LogP contribution is 2.35.